The molecule has 1 atom stereocenters. The zero-order valence-electron chi connectivity index (χ0n) is 13.2. The van der Waals surface area contributed by atoms with Crippen LogP contribution in [-0.2, 0) is 0 Å². The molecule has 0 amide bonds. The Labute approximate surface area is 140 Å². The van der Waals surface area contributed by atoms with Crippen LogP contribution in [0, 0.1) is 0 Å². The van der Waals surface area contributed by atoms with E-state index in [4.69, 9.17) is 0 Å². The van der Waals surface area contributed by atoms with E-state index in [1.54, 1.807) is 0 Å². The lowest BCUT2D eigenvalue weighted by atomic mass is 9.88. The van der Waals surface area contributed by atoms with Crippen molar-refractivity contribution < 1.29 is 4.39 Å². The molecule has 24 heavy (non-hydrogen) atoms. The normalized spacial score (nSPS) is 12.4. The van der Waals surface area contributed by atoms with Gasteiger partial charge in [0.05, 0.1) is 5.69 Å². The Morgan fingerprint density at radius 1 is 0.750 bits per heavy atom. The number of hydrogen-bond donors (Lipinski definition) is 1. The number of rotatable bonds is 4. The van der Waals surface area contributed by atoms with Crippen molar-refractivity contribution in [1.29, 1.82) is 0 Å². The molecule has 118 valence electrons. The zero-order valence-corrected chi connectivity index (χ0v) is 13.2. The van der Waals surface area contributed by atoms with E-state index in [0.29, 0.717) is 0 Å². The van der Waals surface area contributed by atoms with Crippen molar-refractivity contribution in [2.75, 3.05) is 6.67 Å². The maximum atomic E-state index is 14.1. The summed E-state index contributed by atoms with van der Waals surface area (Å²) in [7, 11) is 0. The van der Waals surface area contributed by atoms with Gasteiger partial charge in [0, 0.05) is 16.8 Å². The fourth-order valence-electron chi connectivity index (χ4n) is 3.38. The number of hydrogen-bond acceptors (Lipinski definition) is 0. The number of alkyl halides is 1. The first-order valence-corrected chi connectivity index (χ1v) is 8.15. The Bertz CT molecular complexity index is 942. The third-order valence-electron chi connectivity index (χ3n) is 4.51. The van der Waals surface area contributed by atoms with Crippen molar-refractivity contribution >= 4 is 10.9 Å². The Morgan fingerprint density at radius 3 is 2.08 bits per heavy atom. The van der Waals surface area contributed by atoms with E-state index in [-0.39, 0.29) is 5.92 Å². The van der Waals surface area contributed by atoms with Crippen LogP contribution in [0.5, 0.6) is 0 Å². The molecule has 0 radical (unpaired) electrons. The van der Waals surface area contributed by atoms with Crippen LogP contribution in [0.1, 0.15) is 17.0 Å². The molecule has 0 aliphatic carbocycles. The van der Waals surface area contributed by atoms with E-state index >= 15 is 0 Å². The van der Waals surface area contributed by atoms with Crippen molar-refractivity contribution in [3.63, 3.8) is 0 Å². The van der Waals surface area contributed by atoms with E-state index in [1.165, 1.54) is 0 Å². The zero-order chi connectivity index (χ0) is 16.4. The average molecular weight is 315 g/mol. The summed E-state index contributed by atoms with van der Waals surface area (Å²) in [5.41, 5.74) is 5.16. The predicted octanol–water partition coefficient (Wildman–Crippen LogP) is 5.94. The smallest absolute Gasteiger partial charge is 0.100 e. The first-order valence-electron chi connectivity index (χ1n) is 8.15. The number of halogens is 1. The summed E-state index contributed by atoms with van der Waals surface area (Å²) in [5, 5.41) is 1.09. The van der Waals surface area contributed by atoms with Crippen LogP contribution in [0.3, 0.4) is 0 Å². The highest BCUT2D eigenvalue weighted by molar-refractivity contribution is 5.92. The molecule has 0 bridgehead atoms. The highest BCUT2D eigenvalue weighted by Crippen LogP contribution is 2.38. The highest BCUT2D eigenvalue weighted by atomic mass is 19.1. The molecule has 2 heteroatoms. The van der Waals surface area contributed by atoms with Crippen LogP contribution in [0.15, 0.2) is 84.9 Å². The summed E-state index contributed by atoms with van der Waals surface area (Å²) in [6, 6.07) is 28.2. The first kappa shape index (κ1) is 14.7. The van der Waals surface area contributed by atoms with Crippen molar-refractivity contribution in [3.8, 4) is 11.3 Å². The van der Waals surface area contributed by atoms with Crippen LogP contribution in [0.25, 0.3) is 22.2 Å². The predicted molar refractivity (Wildman–Crippen MR) is 98.0 cm³/mol. The minimum Gasteiger partial charge on any atom is -0.354 e. The molecule has 4 rings (SSSR count). The van der Waals surface area contributed by atoms with Gasteiger partial charge in [-0.05, 0) is 22.8 Å². The van der Waals surface area contributed by atoms with E-state index in [0.717, 1.165) is 33.3 Å². The standard InChI is InChI=1S/C22H18FN/c23-15-19(16-9-3-1-4-10-16)21-18-13-7-8-14-20(18)24-22(21)17-11-5-2-6-12-17/h1-14,19,24H,15H2/t19-/m1/s1. The van der Waals surface area contributed by atoms with Crippen molar-refractivity contribution in [2.45, 2.75) is 5.92 Å². The van der Waals surface area contributed by atoms with Gasteiger partial charge in [-0.2, -0.15) is 0 Å². The summed E-state index contributed by atoms with van der Waals surface area (Å²) in [6.07, 6.45) is 0. The Balaban J connectivity index is 1.99. The second-order valence-corrected chi connectivity index (χ2v) is 5.94. The fraction of sp³-hybridized carbons (Fsp3) is 0.0909. The molecule has 0 saturated carbocycles. The van der Waals surface area contributed by atoms with E-state index in [1.807, 2.05) is 66.7 Å². The second-order valence-electron chi connectivity index (χ2n) is 5.94. The Kier molecular flexibility index (Phi) is 3.87. The minimum atomic E-state index is -0.425. The molecule has 1 nitrogen and oxygen atoms in total. The quantitative estimate of drug-likeness (QED) is 0.480. The second kappa shape index (κ2) is 6.32. The average Bonchev–Trinajstić information content (AvgIpc) is 3.04. The molecular weight excluding hydrogens is 297 g/mol. The molecule has 0 fully saturated rings. The number of benzene rings is 3. The van der Waals surface area contributed by atoms with Crippen molar-refractivity contribution in [2.24, 2.45) is 0 Å². The maximum absolute atomic E-state index is 14.1. The molecule has 0 aliphatic rings. The van der Waals surface area contributed by atoms with Gasteiger partial charge in [-0.15, -0.1) is 0 Å². The topological polar surface area (TPSA) is 15.8 Å². The summed E-state index contributed by atoms with van der Waals surface area (Å²) < 4.78 is 14.1. The lowest BCUT2D eigenvalue weighted by Gasteiger charge is -2.16. The van der Waals surface area contributed by atoms with Crippen molar-refractivity contribution in [3.05, 3.63) is 96.1 Å². The molecule has 1 heterocycles. The van der Waals surface area contributed by atoms with Gasteiger partial charge in [-0.1, -0.05) is 78.9 Å². The van der Waals surface area contributed by atoms with Crippen molar-refractivity contribution in [1.82, 2.24) is 4.98 Å². The van der Waals surface area contributed by atoms with Crippen LogP contribution in [-0.4, -0.2) is 11.7 Å². The van der Waals surface area contributed by atoms with Crippen LogP contribution in [0.4, 0.5) is 4.39 Å². The summed E-state index contributed by atoms with van der Waals surface area (Å²) in [5.74, 6) is -0.280. The van der Waals surface area contributed by atoms with Crippen LogP contribution >= 0.6 is 0 Å². The molecule has 3 aromatic carbocycles. The highest BCUT2D eigenvalue weighted by Gasteiger charge is 2.23. The molecule has 0 saturated heterocycles. The molecule has 0 aliphatic heterocycles. The van der Waals surface area contributed by atoms with Gasteiger partial charge in [0.1, 0.15) is 6.67 Å². The van der Waals surface area contributed by atoms with Gasteiger partial charge in [0.25, 0.3) is 0 Å². The number of fused-ring (bicyclic) bond motifs is 1. The van der Waals surface area contributed by atoms with Gasteiger partial charge in [0.2, 0.25) is 0 Å². The summed E-state index contributed by atoms with van der Waals surface area (Å²) in [4.78, 5) is 3.50. The molecular formula is C22H18FN. The van der Waals surface area contributed by atoms with E-state index in [2.05, 4.69) is 23.2 Å². The summed E-state index contributed by atoms with van der Waals surface area (Å²) >= 11 is 0. The van der Waals surface area contributed by atoms with Gasteiger partial charge in [0.15, 0.2) is 0 Å². The fourth-order valence-corrected chi connectivity index (χ4v) is 3.38. The minimum absolute atomic E-state index is 0.280. The Morgan fingerprint density at radius 2 is 1.38 bits per heavy atom. The van der Waals surface area contributed by atoms with Gasteiger partial charge >= 0.3 is 0 Å². The molecule has 1 aromatic heterocycles. The molecule has 0 spiro atoms. The molecule has 4 aromatic rings. The Hall–Kier alpha value is -2.87. The third-order valence-corrected chi connectivity index (χ3v) is 4.51. The number of nitrogens with one attached hydrogen (secondary N) is 1. The third kappa shape index (κ3) is 2.50. The van der Waals surface area contributed by atoms with Gasteiger partial charge in [-0.25, -0.2) is 0 Å². The lowest BCUT2D eigenvalue weighted by Crippen LogP contribution is -2.04. The lowest BCUT2D eigenvalue weighted by molar-refractivity contribution is 0.462. The molecule has 0 unspecified atom stereocenters. The summed E-state index contributed by atoms with van der Waals surface area (Å²) in [6.45, 7) is -0.425. The molecule has 1 N–H and O–H groups in total. The largest absolute Gasteiger partial charge is 0.354 e. The van der Waals surface area contributed by atoms with Gasteiger partial charge in [-0.3, -0.25) is 4.39 Å². The van der Waals surface area contributed by atoms with Crippen LogP contribution < -0.4 is 0 Å². The van der Waals surface area contributed by atoms with E-state index < -0.39 is 6.67 Å². The monoisotopic (exact) mass is 315 g/mol. The number of aromatic amines is 1. The SMILES string of the molecule is FC[C@H](c1ccccc1)c1c(-c2ccccc2)[nH]c2ccccc12. The number of aromatic nitrogens is 1. The number of para-hydroxylation sites is 1. The first-order chi connectivity index (χ1) is 11.9. The number of H-pyrrole nitrogens is 1. The van der Waals surface area contributed by atoms with Gasteiger partial charge < -0.3 is 4.98 Å². The van der Waals surface area contributed by atoms with Crippen LogP contribution in [0.2, 0.25) is 0 Å². The maximum Gasteiger partial charge on any atom is 0.100 e. The van der Waals surface area contributed by atoms with E-state index in [9.17, 15) is 4.39 Å².